The first-order chi connectivity index (χ1) is 5.15. The quantitative estimate of drug-likeness (QED) is 0.675. The summed E-state index contributed by atoms with van der Waals surface area (Å²) in [6.45, 7) is 0. The maximum atomic E-state index is 12.2. The zero-order valence-electron chi connectivity index (χ0n) is 4.71. The normalized spacial score (nSPS) is 10.5. The average molecular weight is 285 g/mol. The van der Waals surface area contributed by atoms with E-state index < -0.39 is 63.8 Å². The van der Waals surface area contributed by atoms with Gasteiger partial charge in [-0.15, -0.1) is 0 Å². The third kappa shape index (κ3) is 2.12. The van der Waals surface area contributed by atoms with Gasteiger partial charge in [0, 0.05) is 0 Å². The van der Waals surface area contributed by atoms with E-state index in [0.29, 0.717) is 0 Å². The standard InChI is InChI=1S/C3F4N3Xe/c4-1-8-2(5)10(11-7)3(6)9-1/q+1. The van der Waals surface area contributed by atoms with Gasteiger partial charge in [0.1, 0.15) is 0 Å². The average Bonchev–Trinajstić information content (AvgIpc) is 1.85. The molecule has 0 aromatic carbocycles. The van der Waals surface area contributed by atoms with Crippen LogP contribution in [0, 0.1) is 63.8 Å². The molecule has 0 aliphatic heterocycles. The molecule has 0 aliphatic carbocycles. The first-order valence-corrected chi connectivity index (χ1v) is 3.87. The van der Waals surface area contributed by atoms with E-state index in [2.05, 4.69) is 9.97 Å². The summed E-state index contributed by atoms with van der Waals surface area (Å²) in [5.74, 6) is 0. The van der Waals surface area contributed by atoms with E-state index in [1.54, 1.807) is 0 Å². The van der Waals surface area contributed by atoms with Gasteiger partial charge >= 0.3 is 86.6 Å². The van der Waals surface area contributed by atoms with Gasteiger partial charge in [0.05, 0.1) is 0 Å². The van der Waals surface area contributed by atoms with Crippen LogP contribution in [-0.4, -0.2) is 9.97 Å². The predicted octanol–water partition coefficient (Wildman–Crippen LogP) is -0.0860. The molecule has 11 heavy (non-hydrogen) atoms. The Balaban J connectivity index is 3.25. The van der Waals surface area contributed by atoms with Gasteiger partial charge in [-0.3, -0.25) is 0 Å². The molecular formula is C3F4N3Xe+. The number of rotatable bonds is 1. The number of nitrogens with zero attached hydrogens (tertiary/aromatic N) is 3. The Morgan fingerprint density at radius 3 is 1.91 bits per heavy atom. The van der Waals surface area contributed by atoms with Gasteiger partial charge in [-0.1, -0.05) is 0 Å². The zero-order chi connectivity index (χ0) is 8.43. The molecule has 1 heterocycles. The van der Waals surface area contributed by atoms with Crippen LogP contribution in [0.3, 0.4) is 0 Å². The van der Waals surface area contributed by atoms with Crippen LogP contribution in [0.15, 0.2) is 0 Å². The molecule has 3 nitrogen and oxygen atoms in total. The first-order valence-electron chi connectivity index (χ1n) is 2.20. The predicted molar refractivity (Wildman–Crippen MR) is 18.6 cm³/mol. The van der Waals surface area contributed by atoms with Crippen molar-refractivity contribution >= 4 is 0 Å². The number of aromatic nitrogens is 3. The zero-order valence-corrected chi connectivity index (χ0v) is 6.73. The molecule has 0 radical (unpaired) electrons. The third-order valence-corrected chi connectivity index (χ3v) is 1.83. The van der Waals surface area contributed by atoms with E-state index in [1.807, 2.05) is 0 Å². The molecule has 0 atom stereocenters. The van der Waals surface area contributed by atoms with Gasteiger partial charge < -0.3 is 0 Å². The van der Waals surface area contributed by atoms with E-state index in [1.165, 1.54) is 0 Å². The van der Waals surface area contributed by atoms with Crippen molar-refractivity contribution < 1.29 is 58.4 Å². The van der Waals surface area contributed by atoms with Crippen molar-refractivity contribution in [1.82, 2.24) is 9.97 Å². The molecule has 0 saturated carbocycles. The van der Waals surface area contributed by atoms with E-state index >= 15 is 0 Å². The Bertz CT molecular complexity index is 256. The van der Waals surface area contributed by atoms with Crippen LogP contribution in [0.2, 0.25) is 0 Å². The molecule has 1 aromatic rings. The summed E-state index contributed by atoms with van der Waals surface area (Å²) in [4.78, 5) is 4.93. The van der Waals surface area contributed by atoms with Crippen molar-refractivity contribution in [3.05, 3.63) is 18.2 Å². The van der Waals surface area contributed by atoms with Crippen LogP contribution in [0.4, 0.5) is 13.3 Å². The van der Waals surface area contributed by atoms with Crippen molar-refractivity contribution in [3.63, 3.8) is 0 Å². The van der Waals surface area contributed by atoms with Crippen molar-refractivity contribution in [2.45, 2.75) is 0 Å². The minimum absolute atomic E-state index is 0.0597. The topological polar surface area (TPSA) is 29.7 Å². The molecule has 0 fully saturated rings. The Morgan fingerprint density at radius 1 is 1.09 bits per heavy atom. The SMILES string of the molecule is F[Xe][n+]1c(F)nc(F)nc1F. The Morgan fingerprint density at radius 2 is 1.55 bits per heavy atom. The van der Waals surface area contributed by atoms with Gasteiger partial charge in [0.2, 0.25) is 0 Å². The van der Waals surface area contributed by atoms with E-state index in [9.17, 15) is 13.3 Å². The van der Waals surface area contributed by atoms with Gasteiger partial charge in [-0.25, -0.2) is 0 Å². The molecule has 1 rings (SSSR count). The summed E-state index contributed by atoms with van der Waals surface area (Å²) in [5.41, 5.74) is 0. The molecule has 0 aliphatic rings. The van der Waals surface area contributed by atoms with Gasteiger partial charge in [0.25, 0.3) is 0 Å². The molecule has 1 aromatic heterocycles. The third-order valence-electron chi connectivity index (χ3n) is 0.744. The Labute approximate surface area is 85.5 Å². The summed E-state index contributed by atoms with van der Waals surface area (Å²) in [6, 6.07) is 0. The van der Waals surface area contributed by atoms with Crippen molar-refractivity contribution in [2.75, 3.05) is 0 Å². The van der Waals surface area contributed by atoms with Crippen LogP contribution in [0.5, 0.6) is 0 Å². The first kappa shape index (κ1) is 9.39. The van der Waals surface area contributed by atoms with Gasteiger partial charge in [-0.2, -0.15) is 0 Å². The van der Waals surface area contributed by atoms with E-state index in [-0.39, 0.29) is -0.420 Å². The second-order valence-corrected chi connectivity index (χ2v) is 2.60. The van der Waals surface area contributed by atoms with Crippen LogP contribution >= 0.6 is 0 Å². The van der Waals surface area contributed by atoms with Crippen LogP contribution in [-0.2, 0) is 0 Å². The van der Waals surface area contributed by atoms with E-state index in [0.717, 1.165) is 0 Å². The molecule has 0 amide bonds. The number of halogens is 4. The molecule has 0 bridgehead atoms. The summed E-state index contributed by atoms with van der Waals surface area (Å²) >= 11 is -2.21. The van der Waals surface area contributed by atoms with Crippen LogP contribution in [0.25, 0.3) is 0 Å². The van der Waals surface area contributed by atoms with Crippen molar-refractivity contribution in [3.8, 4) is 0 Å². The second kappa shape index (κ2) is 3.81. The molecule has 8 heteroatoms. The molecular weight excluding hydrogens is 285 g/mol. The second-order valence-electron chi connectivity index (χ2n) is 1.36. The monoisotopic (exact) mass is 286 g/mol. The maximum absolute atomic E-state index is 12.2. The molecule has 0 spiro atoms. The minimum atomic E-state index is -2.21. The van der Waals surface area contributed by atoms with E-state index in [4.69, 9.17) is 0 Å². The molecule has 62 valence electrons. The van der Waals surface area contributed by atoms with Crippen molar-refractivity contribution in [1.29, 1.82) is 0 Å². The van der Waals surface area contributed by atoms with Gasteiger partial charge in [0.15, 0.2) is 0 Å². The summed E-state index contributed by atoms with van der Waals surface area (Å²) < 4.78 is 48.1. The van der Waals surface area contributed by atoms with Crippen LogP contribution < -0.4 is -0.420 Å². The summed E-state index contributed by atoms with van der Waals surface area (Å²) in [6.07, 6.45) is -4.64. The fourth-order valence-electron chi connectivity index (χ4n) is 0.388. The van der Waals surface area contributed by atoms with Crippen molar-refractivity contribution in [2.24, 2.45) is 0 Å². The van der Waals surface area contributed by atoms with Crippen LogP contribution in [0.1, 0.15) is 0 Å². The number of hydrogen-bond donors (Lipinski definition) is 0. The Kier molecular flexibility index (Phi) is 3.25. The molecule has 0 unspecified atom stereocenters. The molecule has 0 N–H and O–H groups in total. The summed E-state index contributed by atoms with van der Waals surface area (Å²) in [5, 5.41) is 0. The molecule has 0 saturated heterocycles. The number of hydrogen-bond acceptors (Lipinski definition) is 2. The fraction of sp³-hybridized carbons (Fsp3) is 0. The Hall–Kier alpha value is 0.301. The van der Waals surface area contributed by atoms with Gasteiger partial charge in [-0.05, 0) is 0 Å². The summed E-state index contributed by atoms with van der Waals surface area (Å²) in [7, 11) is 0. The fourth-order valence-corrected chi connectivity index (χ4v) is 0.871.